The molecular formula is C37H70N6O8. The van der Waals surface area contributed by atoms with E-state index in [1.165, 1.54) is 33.0 Å². The van der Waals surface area contributed by atoms with Crippen LogP contribution in [0.1, 0.15) is 100 Å². The highest BCUT2D eigenvalue weighted by molar-refractivity contribution is 5.96. The summed E-state index contributed by atoms with van der Waals surface area (Å²) in [6.07, 6.45) is 1.99. The van der Waals surface area contributed by atoms with E-state index in [9.17, 15) is 39.3 Å². The Labute approximate surface area is 306 Å². The summed E-state index contributed by atoms with van der Waals surface area (Å²) < 4.78 is 0. The quantitative estimate of drug-likeness (QED) is 0.101. The third kappa shape index (κ3) is 14.3. The van der Waals surface area contributed by atoms with Gasteiger partial charge in [0.15, 0.2) is 0 Å². The summed E-state index contributed by atoms with van der Waals surface area (Å²) in [5, 5.41) is 39.8. The zero-order valence-corrected chi connectivity index (χ0v) is 33.1. The molecule has 51 heavy (non-hydrogen) atoms. The zero-order chi connectivity index (χ0) is 39.2. The van der Waals surface area contributed by atoms with Gasteiger partial charge in [-0.25, -0.2) is 0 Å². The van der Waals surface area contributed by atoms with Crippen LogP contribution >= 0.6 is 0 Å². The average Bonchev–Trinajstić information content (AvgIpc) is 3.06. The molecule has 1 rings (SSSR count). The largest absolute Gasteiger partial charge is 0.395 e. The molecule has 14 nitrogen and oxygen atoms in total. The lowest BCUT2D eigenvalue weighted by molar-refractivity contribution is -0.154. The van der Waals surface area contributed by atoms with E-state index in [2.05, 4.69) is 20.9 Å². The van der Waals surface area contributed by atoms with Crippen LogP contribution in [0.3, 0.4) is 0 Å². The van der Waals surface area contributed by atoms with Crippen LogP contribution in [-0.4, -0.2) is 143 Å². The van der Waals surface area contributed by atoms with Gasteiger partial charge in [-0.3, -0.25) is 28.9 Å². The molecule has 296 valence electrons. The highest BCUT2D eigenvalue weighted by Gasteiger charge is 2.43. The van der Waals surface area contributed by atoms with E-state index in [-0.39, 0.29) is 30.9 Å². The zero-order valence-electron chi connectivity index (χ0n) is 33.1. The fourth-order valence-electron chi connectivity index (χ4n) is 6.78. The van der Waals surface area contributed by atoms with Crippen LogP contribution in [-0.2, 0) is 24.0 Å². The molecule has 6 N–H and O–H groups in total. The topological polar surface area (TPSA) is 192 Å². The van der Waals surface area contributed by atoms with Crippen molar-refractivity contribution in [1.29, 1.82) is 0 Å². The Kier molecular flexibility index (Phi) is 20.2. The van der Waals surface area contributed by atoms with Gasteiger partial charge in [0.05, 0.1) is 18.8 Å². The first kappa shape index (κ1) is 46.2. The third-order valence-electron chi connectivity index (χ3n) is 10.0. The third-order valence-corrected chi connectivity index (χ3v) is 10.0. The lowest BCUT2D eigenvalue weighted by Crippen LogP contribution is -2.64. The van der Waals surface area contributed by atoms with Gasteiger partial charge < -0.3 is 41.1 Å². The molecule has 0 aliphatic carbocycles. The van der Waals surface area contributed by atoms with Crippen molar-refractivity contribution in [3.05, 3.63) is 0 Å². The van der Waals surface area contributed by atoms with E-state index in [0.29, 0.717) is 31.7 Å². The maximum Gasteiger partial charge on any atom is 0.246 e. The molecule has 0 aromatic rings. The molecule has 14 heteroatoms. The fraction of sp³-hybridized carbons (Fsp3) is 0.865. The standard InChI is InChI=1S/C37H70N6O8/c1-22(2)15-16-29(46)39-28(20-23(3)4)36(50)41(10)31(24(5)6)37(51)42(11)32(35(49)40-30(26(8)45)34(48)38-9)33(47)25(7)17-19-43-18-13-12-14-27(43)21-44/h22-28,30-33,44-45,47H,12-21H2,1-11H3,(H,38,48)(H,39,46)(H,40,49)/t25-,26-,27?,28+,30+,31+,32+,33-/m1/s1. The second-order valence-corrected chi connectivity index (χ2v) is 15.7. The monoisotopic (exact) mass is 727 g/mol. The number of nitrogens with zero attached hydrogens (tertiary/aromatic N) is 3. The van der Waals surface area contributed by atoms with Gasteiger partial charge >= 0.3 is 0 Å². The van der Waals surface area contributed by atoms with Gasteiger partial charge in [0, 0.05) is 33.6 Å². The Bertz CT molecular complexity index is 1120. The van der Waals surface area contributed by atoms with Crippen molar-refractivity contribution in [3.63, 3.8) is 0 Å². The average molecular weight is 727 g/mol. The van der Waals surface area contributed by atoms with Crippen molar-refractivity contribution < 1.29 is 39.3 Å². The molecule has 0 aromatic heterocycles. The Morgan fingerprint density at radius 2 is 1.41 bits per heavy atom. The SMILES string of the molecule is CNC(=O)[C@@H](NC(=O)[C@H]([C@H](O)[C@H](C)CCN1CCCCC1CO)N(C)C(=O)[C@H](C(C)C)N(C)C(=O)[C@H](CC(C)C)NC(=O)CCC(C)C)[C@@H](C)O. The molecular weight excluding hydrogens is 656 g/mol. The van der Waals surface area contributed by atoms with Gasteiger partial charge in [-0.2, -0.15) is 0 Å². The molecule has 0 bridgehead atoms. The summed E-state index contributed by atoms with van der Waals surface area (Å²) in [6, 6.07) is -4.75. The molecule has 1 unspecified atom stereocenters. The summed E-state index contributed by atoms with van der Waals surface area (Å²) in [6.45, 7) is 16.0. The van der Waals surface area contributed by atoms with E-state index in [1.807, 2.05) is 27.7 Å². The second kappa shape index (κ2) is 22.3. The number of piperidine rings is 1. The first-order valence-electron chi connectivity index (χ1n) is 18.8. The lowest BCUT2D eigenvalue weighted by atomic mass is 9.90. The van der Waals surface area contributed by atoms with E-state index in [1.54, 1.807) is 20.8 Å². The summed E-state index contributed by atoms with van der Waals surface area (Å²) in [7, 11) is 4.26. The number of hydrogen-bond acceptors (Lipinski definition) is 9. The minimum atomic E-state index is -1.49. The number of nitrogens with one attached hydrogen (secondary N) is 3. The Morgan fingerprint density at radius 1 is 0.804 bits per heavy atom. The molecule has 1 heterocycles. The van der Waals surface area contributed by atoms with Gasteiger partial charge in [-0.05, 0) is 75.8 Å². The second-order valence-electron chi connectivity index (χ2n) is 15.7. The maximum atomic E-state index is 14.4. The van der Waals surface area contributed by atoms with E-state index in [0.717, 1.165) is 30.7 Å². The lowest BCUT2D eigenvalue weighted by Gasteiger charge is -2.40. The molecule has 0 radical (unpaired) electrons. The van der Waals surface area contributed by atoms with Gasteiger partial charge in [0.25, 0.3) is 0 Å². The van der Waals surface area contributed by atoms with Gasteiger partial charge in [-0.1, -0.05) is 54.9 Å². The Morgan fingerprint density at radius 3 is 1.92 bits per heavy atom. The number of carbonyl (C=O) groups excluding carboxylic acids is 5. The van der Waals surface area contributed by atoms with Crippen molar-refractivity contribution >= 4 is 29.5 Å². The van der Waals surface area contributed by atoms with Gasteiger partial charge in [-0.15, -0.1) is 0 Å². The molecule has 5 amide bonds. The van der Waals surface area contributed by atoms with Crippen molar-refractivity contribution in [3.8, 4) is 0 Å². The highest BCUT2D eigenvalue weighted by Crippen LogP contribution is 2.24. The van der Waals surface area contributed by atoms with E-state index < -0.39 is 71.8 Å². The number of hydrogen-bond donors (Lipinski definition) is 6. The van der Waals surface area contributed by atoms with Crippen LogP contribution in [0.2, 0.25) is 0 Å². The fourth-order valence-corrected chi connectivity index (χ4v) is 6.78. The van der Waals surface area contributed by atoms with Crippen LogP contribution in [0.15, 0.2) is 0 Å². The summed E-state index contributed by atoms with van der Waals surface area (Å²) >= 11 is 0. The van der Waals surface area contributed by atoms with Gasteiger partial charge in [0.2, 0.25) is 29.5 Å². The van der Waals surface area contributed by atoms with Crippen molar-refractivity contribution in [1.82, 2.24) is 30.7 Å². The molecule has 0 saturated carbocycles. The first-order valence-corrected chi connectivity index (χ1v) is 18.8. The number of likely N-dealkylation sites (tertiary alicyclic amines) is 1. The van der Waals surface area contributed by atoms with Crippen LogP contribution in [0, 0.1) is 23.7 Å². The molecule has 0 aromatic carbocycles. The molecule has 1 fully saturated rings. The number of rotatable bonds is 21. The number of likely N-dealkylation sites (N-methyl/N-ethyl adjacent to an activating group) is 3. The predicted molar refractivity (Wildman–Crippen MR) is 197 cm³/mol. The minimum Gasteiger partial charge on any atom is -0.395 e. The van der Waals surface area contributed by atoms with Crippen LogP contribution in [0.5, 0.6) is 0 Å². The number of aliphatic hydroxyl groups excluding tert-OH is 3. The molecule has 1 saturated heterocycles. The number of carbonyl (C=O) groups is 5. The molecule has 8 atom stereocenters. The van der Waals surface area contributed by atoms with Crippen LogP contribution in [0.25, 0.3) is 0 Å². The smallest absolute Gasteiger partial charge is 0.246 e. The molecule has 1 aliphatic heterocycles. The Hall–Kier alpha value is -2.81. The molecule has 1 aliphatic rings. The van der Waals surface area contributed by atoms with Crippen LogP contribution in [0.4, 0.5) is 0 Å². The number of amides is 5. The summed E-state index contributed by atoms with van der Waals surface area (Å²) in [5.74, 6) is -3.31. The highest BCUT2D eigenvalue weighted by atomic mass is 16.3. The molecule has 0 spiro atoms. The van der Waals surface area contributed by atoms with Crippen molar-refractivity contribution in [2.24, 2.45) is 23.7 Å². The summed E-state index contributed by atoms with van der Waals surface area (Å²) in [4.78, 5) is 72.5. The van der Waals surface area contributed by atoms with Crippen molar-refractivity contribution in [2.45, 2.75) is 143 Å². The normalized spacial score (nSPS) is 19.4. The van der Waals surface area contributed by atoms with E-state index >= 15 is 0 Å². The van der Waals surface area contributed by atoms with Gasteiger partial charge in [0.1, 0.15) is 24.2 Å². The van der Waals surface area contributed by atoms with Crippen LogP contribution < -0.4 is 16.0 Å². The summed E-state index contributed by atoms with van der Waals surface area (Å²) in [5.41, 5.74) is 0. The maximum absolute atomic E-state index is 14.4. The van der Waals surface area contributed by atoms with E-state index in [4.69, 9.17) is 0 Å². The number of aliphatic hydroxyl groups is 3. The van der Waals surface area contributed by atoms with Crippen molar-refractivity contribution in [2.75, 3.05) is 40.8 Å². The minimum absolute atomic E-state index is 0.0187. The first-order chi connectivity index (χ1) is 23.8. The predicted octanol–water partition coefficient (Wildman–Crippen LogP) is 1.11. The Balaban J connectivity index is 3.46.